The minimum absolute atomic E-state index is 0.640. The highest BCUT2D eigenvalue weighted by Crippen LogP contribution is 2.34. The summed E-state index contributed by atoms with van der Waals surface area (Å²) in [5.41, 5.74) is 1.06. The summed E-state index contributed by atoms with van der Waals surface area (Å²) in [5, 5.41) is 7.73. The Bertz CT molecular complexity index is 348. The lowest BCUT2D eigenvalue weighted by molar-refractivity contribution is 0.109. The molecule has 2 aliphatic rings. The van der Waals surface area contributed by atoms with Crippen LogP contribution in [0.1, 0.15) is 31.9 Å². The van der Waals surface area contributed by atoms with Crippen LogP contribution in [0, 0.1) is 5.92 Å². The van der Waals surface area contributed by atoms with Gasteiger partial charge >= 0.3 is 0 Å². The van der Waals surface area contributed by atoms with E-state index < -0.39 is 0 Å². The number of hydrogen-bond acceptors (Lipinski definition) is 4. The lowest BCUT2D eigenvalue weighted by Gasteiger charge is -2.40. The summed E-state index contributed by atoms with van der Waals surface area (Å²) in [4.78, 5) is 2.57. The zero-order valence-corrected chi connectivity index (χ0v) is 10.4. The average molecular weight is 235 g/mol. The first-order valence-corrected chi connectivity index (χ1v) is 6.73. The van der Waals surface area contributed by atoms with E-state index in [4.69, 9.17) is 4.52 Å². The largest absolute Gasteiger partial charge is 0.364 e. The molecule has 1 aromatic heterocycles. The van der Waals surface area contributed by atoms with Crippen LogP contribution >= 0.6 is 0 Å². The first-order chi connectivity index (χ1) is 8.36. The van der Waals surface area contributed by atoms with E-state index in [1.807, 2.05) is 6.07 Å². The minimum Gasteiger partial charge on any atom is -0.364 e. The molecule has 2 heterocycles. The van der Waals surface area contributed by atoms with Crippen molar-refractivity contribution in [3.05, 3.63) is 18.0 Å². The molecule has 1 saturated heterocycles. The third-order valence-corrected chi connectivity index (χ3v) is 4.08. The Morgan fingerprint density at radius 3 is 3.06 bits per heavy atom. The van der Waals surface area contributed by atoms with E-state index in [0.717, 1.165) is 31.2 Å². The summed E-state index contributed by atoms with van der Waals surface area (Å²) >= 11 is 0. The number of rotatable bonds is 4. The highest BCUT2D eigenvalue weighted by molar-refractivity contribution is 4.99. The zero-order valence-electron chi connectivity index (χ0n) is 10.4. The van der Waals surface area contributed by atoms with Crippen LogP contribution in [0.2, 0.25) is 0 Å². The van der Waals surface area contributed by atoms with Crippen LogP contribution in [0.5, 0.6) is 0 Å². The molecule has 2 fully saturated rings. The van der Waals surface area contributed by atoms with Crippen molar-refractivity contribution < 1.29 is 4.52 Å². The van der Waals surface area contributed by atoms with Gasteiger partial charge in [0.1, 0.15) is 6.26 Å². The summed E-state index contributed by atoms with van der Waals surface area (Å²) < 4.78 is 4.92. The molecule has 1 aliphatic heterocycles. The molecule has 4 nitrogen and oxygen atoms in total. The van der Waals surface area contributed by atoms with Gasteiger partial charge in [-0.2, -0.15) is 0 Å². The van der Waals surface area contributed by atoms with E-state index in [9.17, 15) is 0 Å². The molecule has 0 aromatic carbocycles. The predicted molar refractivity (Wildman–Crippen MR) is 65.5 cm³/mol. The van der Waals surface area contributed by atoms with Gasteiger partial charge in [0.05, 0.1) is 5.69 Å². The van der Waals surface area contributed by atoms with Crippen molar-refractivity contribution in [3.8, 4) is 0 Å². The quantitative estimate of drug-likeness (QED) is 0.861. The second-order valence-corrected chi connectivity index (χ2v) is 5.33. The Hall–Kier alpha value is -0.870. The Kier molecular flexibility index (Phi) is 3.16. The Morgan fingerprint density at radius 2 is 2.41 bits per heavy atom. The normalized spacial score (nSPS) is 30.6. The maximum absolute atomic E-state index is 4.92. The molecule has 0 bridgehead atoms. The third-order valence-electron chi connectivity index (χ3n) is 4.08. The molecule has 0 radical (unpaired) electrons. The molecule has 1 saturated carbocycles. The summed E-state index contributed by atoms with van der Waals surface area (Å²) in [5.74, 6) is 0.924. The van der Waals surface area contributed by atoms with Crippen molar-refractivity contribution in [1.29, 1.82) is 0 Å². The van der Waals surface area contributed by atoms with E-state index in [1.165, 1.54) is 19.3 Å². The number of nitrogens with one attached hydrogen (secondary N) is 1. The van der Waals surface area contributed by atoms with Crippen LogP contribution in [0.15, 0.2) is 16.9 Å². The van der Waals surface area contributed by atoms with Crippen molar-refractivity contribution >= 4 is 0 Å². The Morgan fingerprint density at radius 1 is 1.53 bits per heavy atom. The molecule has 3 rings (SSSR count). The van der Waals surface area contributed by atoms with E-state index >= 15 is 0 Å². The monoisotopic (exact) mass is 235 g/mol. The molecule has 94 valence electrons. The van der Waals surface area contributed by atoms with Crippen molar-refractivity contribution in [2.24, 2.45) is 5.92 Å². The maximum atomic E-state index is 4.92. The maximum Gasteiger partial charge on any atom is 0.124 e. The SMILES string of the molecule is CCC1CNC(C2CC2)CN1Cc1ccon1. The first-order valence-electron chi connectivity index (χ1n) is 6.73. The number of nitrogens with zero attached hydrogens (tertiary/aromatic N) is 2. The van der Waals surface area contributed by atoms with Crippen molar-refractivity contribution in [2.45, 2.75) is 44.8 Å². The Labute approximate surface area is 102 Å². The fourth-order valence-electron chi connectivity index (χ4n) is 2.82. The van der Waals surface area contributed by atoms with Crippen LogP contribution in [0.25, 0.3) is 0 Å². The van der Waals surface area contributed by atoms with Crippen LogP contribution in [0.4, 0.5) is 0 Å². The number of piperazine rings is 1. The van der Waals surface area contributed by atoms with Gasteiger partial charge in [-0.05, 0) is 25.2 Å². The summed E-state index contributed by atoms with van der Waals surface area (Å²) in [6.07, 6.45) is 5.68. The van der Waals surface area contributed by atoms with Crippen LogP contribution in [-0.4, -0.2) is 35.2 Å². The molecule has 1 aromatic rings. The molecule has 0 spiro atoms. The smallest absolute Gasteiger partial charge is 0.124 e. The molecule has 1 aliphatic carbocycles. The van der Waals surface area contributed by atoms with Gasteiger partial charge in [0.15, 0.2) is 0 Å². The van der Waals surface area contributed by atoms with E-state index in [0.29, 0.717) is 12.1 Å². The lowest BCUT2D eigenvalue weighted by atomic mass is 10.0. The van der Waals surface area contributed by atoms with Crippen LogP contribution < -0.4 is 5.32 Å². The van der Waals surface area contributed by atoms with Crippen molar-refractivity contribution in [3.63, 3.8) is 0 Å². The minimum atomic E-state index is 0.640. The third kappa shape index (κ3) is 2.53. The van der Waals surface area contributed by atoms with E-state index in [-0.39, 0.29) is 0 Å². The van der Waals surface area contributed by atoms with Gasteiger partial charge in [-0.25, -0.2) is 0 Å². The summed E-state index contributed by atoms with van der Waals surface area (Å²) in [6, 6.07) is 3.31. The van der Waals surface area contributed by atoms with Crippen molar-refractivity contribution in [2.75, 3.05) is 13.1 Å². The molecule has 17 heavy (non-hydrogen) atoms. The van der Waals surface area contributed by atoms with Crippen molar-refractivity contribution in [1.82, 2.24) is 15.4 Å². The van der Waals surface area contributed by atoms with E-state index in [2.05, 4.69) is 22.3 Å². The fraction of sp³-hybridized carbons (Fsp3) is 0.769. The molecule has 0 amide bonds. The second kappa shape index (κ2) is 4.78. The predicted octanol–water partition coefficient (Wildman–Crippen LogP) is 1.64. The van der Waals surface area contributed by atoms with Gasteiger partial charge < -0.3 is 9.84 Å². The van der Waals surface area contributed by atoms with Gasteiger partial charge in [-0.3, -0.25) is 4.90 Å². The second-order valence-electron chi connectivity index (χ2n) is 5.33. The lowest BCUT2D eigenvalue weighted by Crippen LogP contribution is -2.56. The van der Waals surface area contributed by atoms with E-state index in [1.54, 1.807) is 6.26 Å². The summed E-state index contributed by atoms with van der Waals surface area (Å²) in [7, 11) is 0. The highest BCUT2D eigenvalue weighted by Gasteiger charge is 2.36. The topological polar surface area (TPSA) is 41.3 Å². The molecule has 2 unspecified atom stereocenters. The van der Waals surface area contributed by atoms with Gasteiger partial charge in [0, 0.05) is 37.8 Å². The first kappa shape index (κ1) is 11.2. The number of aromatic nitrogens is 1. The molecule has 1 N–H and O–H groups in total. The van der Waals surface area contributed by atoms with Gasteiger partial charge in [0.25, 0.3) is 0 Å². The zero-order chi connectivity index (χ0) is 11.7. The van der Waals surface area contributed by atoms with Crippen LogP contribution in [-0.2, 0) is 6.54 Å². The van der Waals surface area contributed by atoms with Gasteiger partial charge in [0.2, 0.25) is 0 Å². The molecule has 4 heteroatoms. The van der Waals surface area contributed by atoms with Gasteiger partial charge in [-0.15, -0.1) is 0 Å². The summed E-state index contributed by atoms with van der Waals surface area (Å²) in [6.45, 7) is 5.48. The van der Waals surface area contributed by atoms with Crippen LogP contribution in [0.3, 0.4) is 0 Å². The highest BCUT2D eigenvalue weighted by atomic mass is 16.5. The average Bonchev–Trinajstić information content (AvgIpc) is 3.09. The molecule has 2 atom stereocenters. The molecular weight excluding hydrogens is 214 g/mol. The standard InChI is InChI=1S/C13H21N3O/c1-2-12-7-14-13(10-3-4-10)9-16(12)8-11-5-6-17-15-11/h5-6,10,12-14H,2-4,7-9H2,1H3. The Balaban J connectivity index is 1.64. The molecular formula is C13H21N3O. The van der Waals surface area contributed by atoms with Gasteiger partial charge in [-0.1, -0.05) is 12.1 Å². The fourth-order valence-corrected chi connectivity index (χ4v) is 2.82. The number of hydrogen-bond donors (Lipinski definition) is 1.